The molecule has 6 atom stereocenters. The maximum atomic E-state index is 9.10. The Morgan fingerprint density at radius 3 is 2.87 bits per heavy atom. The summed E-state index contributed by atoms with van der Waals surface area (Å²) in [7, 11) is 0. The summed E-state index contributed by atoms with van der Waals surface area (Å²) in [4.78, 5) is 0. The highest BCUT2D eigenvalue weighted by molar-refractivity contribution is 5.06. The van der Waals surface area contributed by atoms with E-state index in [1.807, 2.05) is 6.08 Å². The van der Waals surface area contributed by atoms with E-state index in [9.17, 15) is 0 Å². The van der Waals surface area contributed by atoms with Gasteiger partial charge in [0.05, 0.1) is 31.0 Å². The molecule has 0 aromatic carbocycles. The molecule has 1 saturated carbocycles. The van der Waals surface area contributed by atoms with Gasteiger partial charge in [0.25, 0.3) is 0 Å². The van der Waals surface area contributed by atoms with Gasteiger partial charge in [0.2, 0.25) is 0 Å². The van der Waals surface area contributed by atoms with Crippen molar-refractivity contribution in [2.24, 2.45) is 11.8 Å². The monoisotopic (exact) mass is 210 g/mol. The molecule has 3 heterocycles. The molecule has 3 nitrogen and oxygen atoms in total. The molecule has 0 aromatic heterocycles. The van der Waals surface area contributed by atoms with Crippen molar-refractivity contribution in [1.29, 1.82) is 0 Å². The number of hydrogen-bond acceptors (Lipinski definition) is 3. The van der Waals surface area contributed by atoms with E-state index in [1.54, 1.807) is 0 Å². The molecule has 6 unspecified atom stereocenters. The van der Waals surface area contributed by atoms with Crippen LogP contribution < -0.4 is 0 Å². The average molecular weight is 210 g/mol. The SMILES string of the molecule is C=CCC1C2CC3CC(CO)OC3C1O2. The van der Waals surface area contributed by atoms with E-state index in [-0.39, 0.29) is 24.9 Å². The number of allylic oxidation sites excluding steroid dienone is 1. The minimum atomic E-state index is 0.0485. The summed E-state index contributed by atoms with van der Waals surface area (Å²) < 4.78 is 11.6. The van der Waals surface area contributed by atoms with Gasteiger partial charge in [-0.05, 0) is 25.2 Å². The minimum absolute atomic E-state index is 0.0485. The van der Waals surface area contributed by atoms with Crippen molar-refractivity contribution in [3.63, 3.8) is 0 Å². The standard InChI is InChI=1S/C12H18O3/c1-2-3-9-10-5-7-4-8(6-13)14-11(7)12(9)15-10/h2,7-13H,1,3-6H2. The fourth-order valence-electron chi connectivity index (χ4n) is 3.41. The van der Waals surface area contributed by atoms with Crippen LogP contribution in [-0.4, -0.2) is 36.1 Å². The Morgan fingerprint density at radius 2 is 2.13 bits per heavy atom. The van der Waals surface area contributed by atoms with Gasteiger partial charge in [-0.15, -0.1) is 6.58 Å². The van der Waals surface area contributed by atoms with Gasteiger partial charge in [0.1, 0.15) is 0 Å². The second kappa shape index (κ2) is 3.58. The molecule has 3 aliphatic heterocycles. The molecule has 4 rings (SSSR count). The van der Waals surface area contributed by atoms with Crippen LogP contribution in [0.2, 0.25) is 0 Å². The van der Waals surface area contributed by atoms with Crippen LogP contribution in [0.15, 0.2) is 12.7 Å². The number of aliphatic hydroxyl groups excluding tert-OH is 1. The molecular weight excluding hydrogens is 192 g/mol. The van der Waals surface area contributed by atoms with Crippen molar-refractivity contribution < 1.29 is 14.6 Å². The molecule has 84 valence electrons. The molecule has 3 heteroatoms. The van der Waals surface area contributed by atoms with Gasteiger partial charge in [0.15, 0.2) is 0 Å². The Kier molecular flexibility index (Phi) is 2.34. The van der Waals surface area contributed by atoms with Gasteiger partial charge >= 0.3 is 0 Å². The van der Waals surface area contributed by atoms with E-state index >= 15 is 0 Å². The highest BCUT2D eigenvalue weighted by atomic mass is 16.6. The second-order valence-corrected chi connectivity index (χ2v) is 4.96. The van der Waals surface area contributed by atoms with Gasteiger partial charge in [-0.1, -0.05) is 6.08 Å². The first-order valence-electron chi connectivity index (χ1n) is 5.86. The third kappa shape index (κ3) is 1.37. The van der Waals surface area contributed by atoms with E-state index in [4.69, 9.17) is 14.6 Å². The lowest BCUT2D eigenvalue weighted by Crippen LogP contribution is -2.61. The zero-order chi connectivity index (χ0) is 10.4. The molecule has 4 fully saturated rings. The summed E-state index contributed by atoms with van der Waals surface area (Å²) in [5, 5.41) is 9.10. The van der Waals surface area contributed by atoms with Crippen molar-refractivity contribution in [2.75, 3.05) is 6.61 Å². The maximum Gasteiger partial charge on any atom is 0.0899 e. The van der Waals surface area contributed by atoms with Crippen LogP contribution in [0.1, 0.15) is 19.3 Å². The molecule has 0 spiro atoms. The number of aliphatic hydroxyl groups is 1. The zero-order valence-electron chi connectivity index (χ0n) is 8.84. The quantitative estimate of drug-likeness (QED) is 0.709. The van der Waals surface area contributed by atoms with E-state index < -0.39 is 0 Å². The zero-order valence-corrected chi connectivity index (χ0v) is 8.84. The summed E-state index contributed by atoms with van der Waals surface area (Å²) in [5.41, 5.74) is 0. The molecular formula is C12H18O3. The average Bonchev–Trinajstić information content (AvgIpc) is 2.67. The van der Waals surface area contributed by atoms with Crippen LogP contribution in [0.25, 0.3) is 0 Å². The van der Waals surface area contributed by atoms with Crippen molar-refractivity contribution in [2.45, 2.75) is 43.7 Å². The topological polar surface area (TPSA) is 38.7 Å². The minimum Gasteiger partial charge on any atom is -0.394 e. The smallest absolute Gasteiger partial charge is 0.0899 e. The second-order valence-electron chi connectivity index (χ2n) is 4.96. The Labute approximate surface area is 90.1 Å². The van der Waals surface area contributed by atoms with E-state index in [2.05, 4.69) is 6.58 Å². The highest BCUT2D eigenvalue weighted by Crippen LogP contribution is 2.50. The first kappa shape index (κ1) is 9.82. The molecule has 0 amide bonds. The van der Waals surface area contributed by atoms with Crippen molar-refractivity contribution in [3.05, 3.63) is 12.7 Å². The molecule has 3 saturated heterocycles. The number of rotatable bonds is 3. The fourth-order valence-corrected chi connectivity index (χ4v) is 3.41. The molecule has 2 bridgehead atoms. The summed E-state index contributed by atoms with van der Waals surface area (Å²) in [6, 6.07) is 0. The van der Waals surface area contributed by atoms with Crippen LogP contribution >= 0.6 is 0 Å². The summed E-state index contributed by atoms with van der Waals surface area (Å²) in [6.07, 6.45) is 6.11. The molecule has 1 aliphatic carbocycles. The first-order valence-corrected chi connectivity index (χ1v) is 5.86. The third-order valence-corrected chi connectivity index (χ3v) is 4.11. The lowest BCUT2D eigenvalue weighted by molar-refractivity contribution is -0.268. The molecule has 0 aromatic rings. The normalized spacial score (nSPS) is 52.1. The Balaban J connectivity index is 1.70. The lowest BCUT2D eigenvalue weighted by atomic mass is 9.69. The maximum absolute atomic E-state index is 9.10. The summed E-state index contributed by atoms with van der Waals surface area (Å²) in [5.74, 6) is 1.23. The summed E-state index contributed by atoms with van der Waals surface area (Å²) >= 11 is 0. The van der Waals surface area contributed by atoms with Crippen LogP contribution in [0.3, 0.4) is 0 Å². The Bertz CT molecular complexity index is 266. The highest BCUT2D eigenvalue weighted by Gasteiger charge is 2.57. The molecule has 15 heavy (non-hydrogen) atoms. The van der Waals surface area contributed by atoms with Crippen LogP contribution in [0, 0.1) is 11.8 Å². The van der Waals surface area contributed by atoms with Crippen LogP contribution in [0.4, 0.5) is 0 Å². The van der Waals surface area contributed by atoms with Crippen molar-refractivity contribution in [3.8, 4) is 0 Å². The van der Waals surface area contributed by atoms with E-state index in [0.29, 0.717) is 17.9 Å². The van der Waals surface area contributed by atoms with E-state index in [1.165, 1.54) is 0 Å². The largest absolute Gasteiger partial charge is 0.394 e. The van der Waals surface area contributed by atoms with Crippen LogP contribution in [0.5, 0.6) is 0 Å². The number of ether oxygens (including phenoxy) is 2. The van der Waals surface area contributed by atoms with E-state index in [0.717, 1.165) is 19.3 Å². The lowest BCUT2D eigenvalue weighted by Gasteiger charge is -2.54. The number of hydrogen-bond donors (Lipinski definition) is 1. The van der Waals surface area contributed by atoms with Gasteiger partial charge in [0, 0.05) is 5.92 Å². The van der Waals surface area contributed by atoms with Crippen LogP contribution in [-0.2, 0) is 9.47 Å². The summed E-state index contributed by atoms with van der Waals surface area (Å²) in [6.45, 7) is 3.94. The fraction of sp³-hybridized carbons (Fsp3) is 0.833. The van der Waals surface area contributed by atoms with Gasteiger partial charge < -0.3 is 14.6 Å². The van der Waals surface area contributed by atoms with Gasteiger partial charge in [-0.25, -0.2) is 0 Å². The molecule has 4 aliphatic rings. The van der Waals surface area contributed by atoms with Crippen molar-refractivity contribution >= 4 is 0 Å². The van der Waals surface area contributed by atoms with Gasteiger partial charge in [-0.3, -0.25) is 0 Å². The third-order valence-electron chi connectivity index (χ3n) is 4.11. The van der Waals surface area contributed by atoms with Gasteiger partial charge in [-0.2, -0.15) is 0 Å². The van der Waals surface area contributed by atoms with Crippen molar-refractivity contribution in [1.82, 2.24) is 0 Å². The Morgan fingerprint density at radius 1 is 1.27 bits per heavy atom. The first-order chi connectivity index (χ1) is 7.33. The predicted molar refractivity (Wildman–Crippen MR) is 55.4 cm³/mol. The predicted octanol–water partition coefficient (Wildman–Crippen LogP) is 1.12. The Hall–Kier alpha value is -0.380. The molecule has 1 N–H and O–H groups in total. The molecule has 0 radical (unpaired) electrons.